The van der Waals surface area contributed by atoms with Gasteiger partial charge >= 0.3 is 17.9 Å². The quantitative estimate of drug-likeness (QED) is 0.127. The molecule has 0 heterocycles. The van der Waals surface area contributed by atoms with Crippen molar-refractivity contribution in [2.75, 3.05) is 20.8 Å². The van der Waals surface area contributed by atoms with Gasteiger partial charge in [-0.3, -0.25) is 14.9 Å². The van der Waals surface area contributed by atoms with Crippen molar-refractivity contribution < 1.29 is 33.8 Å². The van der Waals surface area contributed by atoms with E-state index in [9.17, 15) is 24.3 Å². The average Bonchev–Trinajstić information content (AvgIpc) is 2.74. The summed E-state index contributed by atoms with van der Waals surface area (Å²) in [6.07, 6.45) is 6.39. The van der Waals surface area contributed by atoms with E-state index >= 15 is 0 Å². The Bertz CT molecular complexity index is 819. The van der Waals surface area contributed by atoms with Gasteiger partial charge in [0.1, 0.15) is 6.04 Å². The molecule has 30 heavy (non-hydrogen) atoms. The summed E-state index contributed by atoms with van der Waals surface area (Å²) in [6.45, 7) is 0.318. The first-order valence-electron chi connectivity index (χ1n) is 8.94. The number of carboxylic acids is 1. The third-order valence-corrected chi connectivity index (χ3v) is 5.06. The molecule has 1 aromatic carbocycles. The van der Waals surface area contributed by atoms with Gasteiger partial charge in [-0.1, -0.05) is 5.92 Å². The molecule has 0 aliphatic carbocycles. The number of terminal acetylenes is 1. The number of hydrogen-bond donors (Lipinski definition) is 3. The average molecular weight is 530 g/mol. The smallest absolute Gasteiger partial charge is 0.334 e. The van der Waals surface area contributed by atoms with Crippen molar-refractivity contribution >= 4 is 46.4 Å². The number of carbonyl (C=O) groups excluding carboxylic acids is 3. The summed E-state index contributed by atoms with van der Waals surface area (Å²) in [5.74, 6) is -0.906. The first kappa shape index (κ1) is 25.4. The Morgan fingerprint density at radius 3 is 2.33 bits per heavy atom. The molecule has 0 saturated heterocycles. The number of methoxy groups -OCH3 is 2. The third-order valence-electron chi connectivity index (χ3n) is 4.12. The molecule has 0 fully saturated rings. The summed E-state index contributed by atoms with van der Waals surface area (Å²) in [6, 6.07) is 2.42. The number of amides is 1. The molecule has 9 nitrogen and oxygen atoms in total. The highest BCUT2D eigenvalue weighted by Crippen LogP contribution is 2.14. The summed E-state index contributed by atoms with van der Waals surface area (Å²) >= 11 is 2.04. The van der Waals surface area contributed by atoms with Crippen LogP contribution in [0.2, 0.25) is 0 Å². The predicted octanol–water partition coefficient (Wildman–Crippen LogP) is 0.930. The van der Waals surface area contributed by atoms with Gasteiger partial charge in [0.2, 0.25) is 6.04 Å². The molecular formula is C20H23IN2O7. The fraction of sp³-hybridized carbons (Fsp3) is 0.400. The zero-order valence-electron chi connectivity index (χ0n) is 16.6. The zero-order valence-corrected chi connectivity index (χ0v) is 18.7. The SMILES string of the molecule is C#Cc1ccc(I)c(C(=O)NCCCCC(NC(C(=O)OC)C(=O)OC)C(=O)O)c1. The van der Waals surface area contributed by atoms with Crippen LogP contribution in [0.25, 0.3) is 0 Å². The van der Waals surface area contributed by atoms with Gasteiger partial charge in [0.05, 0.1) is 19.8 Å². The van der Waals surface area contributed by atoms with E-state index in [1.54, 1.807) is 18.2 Å². The molecule has 1 unspecified atom stereocenters. The molecule has 1 aromatic rings. The van der Waals surface area contributed by atoms with Crippen LogP contribution < -0.4 is 10.6 Å². The van der Waals surface area contributed by atoms with Gasteiger partial charge in [0.15, 0.2) is 0 Å². The molecule has 0 aromatic heterocycles. The number of ether oxygens (including phenoxy) is 2. The van der Waals surface area contributed by atoms with Crippen molar-refractivity contribution in [1.29, 1.82) is 0 Å². The molecule has 0 aliphatic heterocycles. The Balaban J connectivity index is 2.56. The number of carboxylic acid groups (broad SMARTS) is 1. The van der Waals surface area contributed by atoms with E-state index in [1.165, 1.54) is 0 Å². The number of hydrogen-bond acceptors (Lipinski definition) is 7. The van der Waals surface area contributed by atoms with Crippen LogP contribution in [-0.2, 0) is 23.9 Å². The summed E-state index contributed by atoms with van der Waals surface area (Å²) in [5.41, 5.74) is 1.07. The molecular weight excluding hydrogens is 507 g/mol. The minimum atomic E-state index is -1.54. The third kappa shape index (κ3) is 7.64. The Morgan fingerprint density at radius 1 is 1.17 bits per heavy atom. The molecule has 1 rings (SSSR count). The van der Waals surface area contributed by atoms with E-state index in [-0.39, 0.29) is 12.3 Å². The molecule has 1 amide bonds. The van der Waals surface area contributed by atoms with E-state index < -0.39 is 30.0 Å². The Morgan fingerprint density at radius 2 is 1.80 bits per heavy atom. The minimum absolute atomic E-state index is 0.125. The lowest BCUT2D eigenvalue weighted by atomic mass is 10.1. The van der Waals surface area contributed by atoms with E-state index in [2.05, 4.69) is 26.0 Å². The Hall–Kier alpha value is -2.65. The topological polar surface area (TPSA) is 131 Å². The number of halogens is 1. The first-order valence-corrected chi connectivity index (χ1v) is 10.0. The number of esters is 2. The molecule has 0 aliphatic rings. The van der Waals surface area contributed by atoms with Crippen LogP contribution in [0.5, 0.6) is 0 Å². The van der Waals surface area contributed by atoms with Crippen LogP contribution in [-0.4, -0.2) is 61.8 Å². The van der Waals surface area contributed by atoms with E-state index in [1.807, 2.05) is 22.6 Å². The molecule has 3 N–H and O–H groups in total. The number of nitrogens with one attached hydrogen (secondary N) is 2. The summed E-state index contributed by atoms with van der Waals surface area (Å²) in [4.78, 5) is 47.1. The lowest BCUT2D eigenvalue weighted by Crippen LogP contribution is -2.52. The number of benzene rings is 1. The summed E-state index contributed by atoms with van der Waals surface area (Å²) in [5, 5.41) is 14.6. The van der Waals surface area contributed by atoms with Crippen LogP contribution in [0.4, 0.5) is 0 Å². The lowest BCUT2D eigenvalue weighted by molar-refractivity contribution is -0.156. The second-order valence-corrected chi connectivity index (χ2v) is 7.29. The zero-order chi connectivity index (χ0) is 22.7. The van der Waals surface area contributed by atoms with Crippen LogP contribution in [0, 0.1) is 15.9 Å². The predicted molar refractivity (Wildman–Crippen MR) is 116 cm³/mol. The van der Waals surface area contributed by atoms with E-state index in [0.29, 0.717) is 30.5 Å². The summed E-state index contributed by atoms with van der Waals surface area (Å²) < 4.78 is 9.76. The lowest BCUT2D eigenvalue weighted by Gasteiger charge is -2.19. The molecule has 0 bridgehead atoms. The Labute approximate surface area is 188 Å². The Kier molecular flexibility index (Phi) is 10.8. The van der Waals surface area contributed by atoms with Crippen molar-refractivity contribution in [3.63, 3.8) is 0 Å². The number of rotatable bonds is 11. The maximum absolute atomic E-state index is 12.3. The van der Waals surface area contributed by atoms with Crippen molar-refractivity contribution in [1.82, 2.24) is 10.6 Å². The maximum Gasteiger partial charge on any atom is 0.334 e. The number of carbonyl (C=O) groups is 4. The molecule has 0 radical (unpaired) electrons. The van der Waals surface area contributed by atoms with Crippen LogP contribution in [0.3, 0.4) is 0 Å². The van der Waals surface area contributed by atoms with Crippen molar-refractivity contribution in [2.24, 2.45) is 0 Å². The van der Waals surface area contributed by atoms with Gasteiger partial charge in [0.25, 0.3) is 5.91 Å². The van der Waals surface area contributed by atoms with Gasteiger partial charge in [-0.15, -0.1) is 6.42 Å². The van der Waals surface area contributed by atoms with Crippen molar-refractivity contribution in [3.8, 4) is 12.3 Å². The molecule has 0 spiro atoms. The van der Waals surface area contributed by atoms with Gasteiger partial charge in [0, 0.05) is 15.7 Å². The minimum Gasteiger partial charge on any atom is -0.480 e. The standard InChI is InChI=1S/C20H23IN2O7/c1-4-12-8-9-14(21)13(11-12)17(24)22-10-6-5-7-15(18(25)26)23-16(19(27)29-2)20(28)30-3/h1,8-9,11,15-16,23H,5-7,10H2,2-3H3,(H,22,24)(H,25,26). The largest absolute Gasteiger partial charge is 0.480 e. The first-order chi connectivity index (χ1) is 14.2. The number of aliphatic carboxylic acids is 1. The van der Waals surface area contributed by atoms with Crippen molar-refractivity contribution in [3.05, 3.63) is 32.9 Å². The molecule has 10 heteroatoms. The van der Waals surface area contributed by atoms with Gasteiger partial charge in [-0.05, 0) is 60.1 Å². The normalized spacial score (nSPS) is 11.3. The second kappa shape index (κ2) is 12.8. The highest BCUT2D eigenvalue weighted by molar-refractivity contribution is 14.1. The van der Waals surface area contributed by atoms with Gasteiger partial charge < -0.3 is 19.9 Å². The molecule has 1 atom stereocenters. The number of unbranched alkanes of at least 4 members (excludes halogenated alkanes) is 1. The van der Waals surface area contributed by atoms with Gasteiger partial charge in [-0.25, -0.2) is 9.59 Å². The maximum atomic E-state index is 12.3. The molecule has 0 saturated carbocycles. The van der Waals surface area contributed by atoms with Crippen LogP contribution >= 0.6 is 22.6 Å². The van der Waals surface area contributed by atoms with E-state index in [0.717, 1.165) is 17.8 Å². The van der Waals surface area contributed by atoms with Crippen LogP contribution in [0.15, 0.2) is 18.2 Å². The fourth-order valence-electron chi connectivity index (χ4n) is 2.51. The fourth-order valence-corrected chi connectivity index (χ4v) is 3.09. The second-order valence-electron chi connectivity index (χ2n) is 6.13. The van der Waals surface area contributed by atoms with E-state index in [4.69, 9.17) is 6.42 Å². The summed E-state index contributed by atoms with van der Waals surface area (Å²) in [7, 11) is 2.16. The van der Waals surface area contributed by atoms with Crippen molar-refractivity contribution in [2.45, 2.75) is 31.3 Å². The van der Waals surface area contributed by atoms with Gasteiger partial charge in [-0.2, -0.15) is 0 Å². The highest BCUT2D eigenvalue weighted by Gasteiger charge is 2.33. The highest BCUT2D eigenvalue weighted by atomic mass is 127. The monoisotopic (exact) mass is 530 g/mol. The van der Waals surface area contributed by atoms with Crippen LogP contribution in [0.1, 0.15) is 35.2 Å². The molecule has 162 valence electrons.